The van der Waals surface area contributed by atoms with Crippen LogP contribution in [-0.2, 0) is 11.2 Å². The van der Waals surface area contributed by atoms with Crippen LogP contribution in [0.15, 0.2) is 10.9 Å². The van der Waals surface area contributed by atoms with Gasteiger partial charge in [-0.05, 0) is 6.92 Å². The third kappa shape index (κ3) is 3.68. The number of hydrogen-bond donors (Lipinski definition) is 4. The Balaban J connectivity index is 1.67. The first-order valence-corrected chi connectivity index (χ1v) is 8.67. The summed E-state index contributed by atoms with van der Waals surface area (Å²) in [4.78, 5) is 16.9. The van der Waals surface area contributed by atoms with Gasteiger partial charge in [-0.3, -0.25) is 10.1 Å². The summed E-state index contributed by atoms with van der Waals surface area (Å²) in [5, 5.41) is 24.5. The van der Waals surface area contributed by atoms with Crippen molar-refractivity contribution in [1.82, 2.24) is 41.6 Å². The summed E-state index contributed by atoms with van der Waals surface area (Å²) in [6.45, 7) is 4.02. The van der Waals surface area contributed by atoms with Gasteiger partial charge in [-0.25, -0.2) is 4.98 Å². The van der Waals surface area contributed by atoms with Gasteiger partial charge in [0.25, 0.3) is 0 Å². The molecule has 2 aromatic rings. The molecule has 9 nitrogen and oxygen atoms in total. The fourth-order valence-corrected chi connectivity index (χ4v) is 4.02. The standard InChI is InChI=1S/C12H16N8OS2/c1-7-11(22-6-13-7)9-5-23-12(16-9,15-8(2)21)14-4-3-10-17-19-20-18-10/h5-6,14,16H,3-4H2,1-2H3,(H,15,21)(H,17,18,19,20). The molecule has 1 atom stereocenters. The minimum absolute atomic E-state index is 0.132. The van der Waals surface area contributed by atoms with E-state index in [9.17, 15) is 4.79 Å². The Bertz CT molecular complexity index is 712. The second-order valence-corrected chi connectivity index (χ2v) is 6.85. The zero-order valence-electron chi connectivity index (χ0n) is 12.6. The highest BCUT2D eigenvalue weighted by molar-refractivity contribution is 8.03. The molecule has 23 heavy (non-hydrogen) atoms. The van der Waals surface area contributed by atoms with Crippen molar-refractivity contribution in [1.29, 1.82) is 0 Å². The first-order valence-electron chi connectivity index (χ1n) is 6.91. The molecule has 1 unspecified atom stereocenters. The van der Waals surface area contributed by atoms with Crippen molar-refractivity contribution in [3.05, 3.63) is 27.3 Å². The van der Waals surface area contributed by atoms with E-state index in [4.69, 9.17) is 0 Å². The van der Waals surface area contributed by atoms with E-state index in [1.165, 1.54) is 18.7 Å². The van der Waals surface area contributed by atoms with Crippen LogP contribution in [0.3, 0.4) is 0 Å². The molecule has 0 bridgehead atoms. The van der Waals surface area contributed by atoms with Crippen molar-refractivity contribution in [2.24, 2.45) is 0 Å². The van der Waals surface area contributed by atoms with Gasteiger partial charge in [-0.15, -0.1) is 21.5 Å². The van der Waals surface area contributed by atoms with Crippen LogP contribution in [0, 0.1) is 6.92 Å². The third-order valence-electron chi connectivity index (χ3n) is 3.12. The van der Waals surface area contributed by atoms with Gasteiger partial charge >= 0.3 is 0 Å². The van der Waals surface area contributed by atoms with Crippen molar-refractivity contribution in [3.8, 4) is 0 Å². The number of thioether (sulfide) groups is 1. The Labute approximate surface area is 140 Å². The number of carbonyl (C=O) groups excluding carboxylic acids is 1. The average molecular weight is 352 g/mol. The number of aromatic amines is 1. The predicted molar refractivity (Wildman–Crippen MR) is 88.0 cm³/mol. The maximum Gasteiger partial charge on any atom is 0.221 e. The molecular weight excluding hydrogens is 336 g/mol. The quantitative estimate of drug-likeness (QED) is 0.543. The summed E-state index contributed by atoms with van der Waals surface area (Å²) >= 11 is 3.03. The van der Waals surface area contributed by atoms with E-state index in [1.807, 2.05) is 12.3 Å². The number of nitrogens with zero attached hydrogens (tertiary/aromatic N) is 4. The first kappa shape index (κ1) is 15.9. The molecule has 4 N–H and O–H groups in total. The number of carbonyl (C=O) groups is 1. The zero-order chi connectivity index (χ0) is 16.3. The van der Waals surface area contributed by atoms with Crippen LogP contribution in [-0.4, -0.2) is 43.2 Å². The largest absolute Gasteiger partial charge is 0.340 e. The molecule has 0 fully saturated rings. The second-order valence-electron chi connectivity index (χ2n) is 4.91. The molecule has 0 radical (unpaired) electrons. The summed E-state index contributed by atoms with van der Waals surface area (Å²) in [6.07, 6.45) is 0.592. The number of amides is 1. The van der Waals surface area contributed by atoms with E-state index < -0.39 is 5.12 Å². The molecule has 0 saturated carbocycles. The summed E-state index contributed by atoms with van der Waals surface area (Å²) in [5.41, 5.74) is 3.70. The van der Waals surface area contributed by atoms with Crippen LogP contribution in [0.2, 0.25) is 0 Å². The minimum Gasteiger partial charge on any atom is -0.340 e. The Hall–Kier alpha value is -1.98. The third-order valence-corrected chi connectivity index (χ3v) is 5.14. The van der Waals surface area contributed by atoms with Crippen molar-refractivity contribution < 1.29 is 4.79 Å². The summed E-state index contributed by atoms with van der Waals surface area (Å²) < 4.78 is 0. The number of aromatic nitrogens is 5. The molecule has 3 heterocycles. The minimum atomic E-state index is -0.790. The lowest BCUT2D eigenvalue weighted by Gasteiger charge is -2.31. The van der Waals surface area contributed by atoms with Gasteiger partial charge in [-0.1, -0.05) is 17.0 Å². The van der Waals surface area contributed by atoms with Crippen LogP contribution in [0.4, 0.5) is 0 Å². The summed E-state index contributed by atoms with van der Waals surface area (Å²) in [7, 11) is 0. The number of nitrogens with one attached hydrogen (secondary N) is 4. The maximum atomic E-state index is 11.6. The van der Waals surface area contributed by atoms with E-state index in [-0.39, 0.29) is 5.91 Å². The van der Waals surface area contributed by atoms with E-state index in [1.54, 1.807) is 16.8 Å². The lowest BCUT2D eigenvalue weighted by molar-refractivity contribution is -0.120. The van der Waals surface area contributed by atoms with Gasteiger partial charge < -0.3 is 10.6 Å². The molecular formula is C12H16N8OS2. The molecule has 0 saturated heterocycles. The van der Waals surface area contributed by atoms with E-state index in [2.05, 4.69) is 41.6 Å². The van der Waals surface area contributed by atoms with Crippen LogP contribution in [0.5, 0.6) is 0 Å². The van der Waals surface area contributed by atoms with Crippen LogP contribution >= 0.6 is 23.1 Å². The maximum absolute atomic E-state index is 11.6. The molecule has 0 spiro atoms. The molecule has 3 rings (SSSR count). The predicted octanol–water partition coefficient (Wildman–Crippen LogP) is 0.179. The molecule has 1 aliphatic heterocycles. The number of hydrogen-bond acceptors (Lipinski definition) is 9. The Morgan fingerprint density at radius 2 is 2.35 bits per heavy atom. The van der Waals surface area contributed by atoms with Crippen LogP contribution < -0.4 is 16.0 Å². The Morgan fingerprint density at radius 3 is 3.00 bits per heavy atom. The number of tetrazole rings is 1. The van der Waals surface area contributed by atoms with E-state index in [0.29, 0.717) is 18.8 Å². The lowest BCUT2D eigenvalue weighted by Crippen LogP contribution is -2.63. The van der Waals surface area contributed by atoms with Crippen LogP contribution in [0.25, 0.3) is 5.70 Å². The van der Waals surface area contributed by atoms with E-state index >= 15 is 0 Å². The topological polar surface area (TPSA) is 121 Å². The number of H-pyrrole nitrogens is 1. The lowest BCUT2D eigenvalue weighted by atomic mass is 10.3. The van der Waals surface area contributed by atoms with Crippen molar-refractivity contribution in [3.63, 3.8) is 0 Å². The van der Waals surface area contributed by atoms with Gasteiger partial charge in [0.05, 0.1) is 21.8 Å². The average Bonchev–Trinajstić information content (AvgIpc) is 3.20. The SMILES string of the molecule is CC(=O)NC1(NCCc2nn[nH]n2)NC(c2scnc2C)=CS1. The zero-order valence-corrected chi connectivity index (χ0v) is 14.2. The van der Waals surface area contributed by atoms with Crippen molar-refractivity contribution >= 4 is 34.7 Å². The summed E-state index contributed by atoms with van der Waals surface area (Å²) in [5.74, 6) is 0.484. The normalized spacial score (nSPS) is 20.2. The van der Waals surface area contributed by atoms with E-state index in [0.717, 1.165) is 16.3 Å². The molecule has 1 amide bonds. The Morgan fingerprint density at radius 1 is 1.48 bits per heavy atom. The monoisotopic (exact) mass is 352 g/mol. The highest BCUT2D eigenvalue weighted by Gasteiger charge is 2.36. The fourth-order valence-electron chi connectivity index (χ4n) is 2.14. The van der Waals surface area contributed by atoms with Crippen molar-refractivity contribution in [2.45, 2.75) is 25.4 Å². The molecule has 0 aliphatic carbocycles. The number of rotatable bonds is 6. The second kappa shape index (κ2) is 6.64. The smallest absolute Gasteiger partial charge is 0.221 e. The molecule has 11 heteroatoms. The first-order chi connectivity index (χ1) is 11.1. The van der Waals surface area contributed by atoms with Crippen LogP contribution in [0.1, 0.15) is 23.3 Å². The van der Waals surface area contributed by atoms with Gasteiger partial charge in [0, 0.05) is 25.3 Å². The van der Waals surface area contributed by atoms with Gasteiger partial charge in [0.2, 0.25) is 11.0 Å². The van der Waals surface area contributed by atoms with Crippen molar-refractivity contribution in [2.75, 3.05) is 6.54 Å². The highest BCUT2D eigenvalue weighted by Crippen LogP contribution is 2.34. The highest BCUT2D eigenvalue weighted by atomic mass is 32.2. The number of thiazole rings is 1. The van der Waals surface area contributed by atoms with Gasteiger partial charge in [-0.2, -0.15) is 5.21 Å². The summed E-state index contributed by atoms with van der Waals surface area (Å²) in [6, 6.07) is 0. The molecule has 1 aliphatic rings. The molecule has 122 valence electrons. The molecule has 2 aromatic heterocycles. The molecule has 0 aromatic carbocycles. The number of aryl methyl sites for hydroxylation is 1. The van der Waals surface area contributed by atoms with Gasteiger partial charge in [0.15, 0.2) is 5.82 Å². The van der Waals surface area contributed by atoms with Gasteiger partial charge in [0.1, 0.15) is 0 Å². The Kier molecular flexibility index (Phi) is 4.59. The fraction of sp³-hybridized carbons (Fsp3) is 0.417.